The van der Waals surface area contributed by atoms with E-state index in [4.69, 9.17) is 4.74 Å². The van der Waals surface area contributed by atoms with E-state index in [0.29, 0.717) is 18.7 Å². The highest BCUT2D eigenvalue weighted by Crippen LogP contribution is 2.15. The molecule has 0 atom stereocenters. The number of para-hydroxylation sites is 1. The van der Waals surface area contributed by atoms with Crippen molar-refractivity contribution >= 4 is 5.91 Å². The first-order chi connectivity index (χ1) is 11.8. The maximum Gasteiger partial charge on any atom is 0.251 e. The molecule has 1 N–H and O–H groups in total. The van der Waals surface area contributed by atoms with Gasteiger partial charge in [-0.15, -0.1) is 0 Å². The second kappa shape index (κ2) is 7.92. The molecule has 0 radical (unpaired) electrons. The van der Waals surface area contributed by atoms with Crippen LogP contribution in [0.4, 0.5) is 0 Å². The van der Waals surface area contributed by atoms with Gasteiger partial charge >= 0.3 is 0 Å². The van der Waals surface area contributed by atoms with E-state index < -0.39 is 0 Å². The Morgan fingerprint density at radius 3 is 2.42 bits per heavy atom. The summed E-state index contributed by atoms with van der Waals surface area (Å²) in [6.07, 6.45) is 3.42. The fraction of sp³-hybridized carbons (Fsp3) is 0.100. The lowest BCUT2D eigenvalue weighted by Crippen LogP contribution is -2.24. The third-order valence-electron chi connectivity index (χ3n) is 3.60. The van der Waals surface area contributed by atoms with Crippen molar-refractivity contribution < 1.29 is 9.53 Å². The first-order valence-corrected chi connectivity index (χ1v) is 7.76. The van der Waals surface area contributed by atoms with Crippen LogP contribution in [0.1, 0.15) is 21.5 Å². The Hall–Kier alpha value is -3.14. The van der Waals surface area contributed by atoms with E-state index >= 15 is 0 Å². The monoisotopic (exact) mass is 318 g/mol. The summed E-state index contributed by atoms with van der Waals surface area (Å²) in [6, 6.07) is 20.8. The molecule has 3 rings (SSSR count). The van der Waals surface area contributed by atoms with Gasteiger partial charge in [0.15, 0.2) is 0 Å². The molecule has 4 heteroatoms. The number of benzene rings is 2. The van der Waals surface area contributed by atoms with E-state index in [1.54, 1.807) is 12.4 Å². The lowest BCUT2D eigenvalue weighted by atomic mass is 10.1. The Morgan fingerprint density at radius 1 is 0.917 bits per heavy atom. The average molecular weight is 318 g/mol. The number of carbonyl (C=O) groups excluding carboxylic acids is 1. The number of nitrogens with one attached hydrogen (secondary N) is 1. The Kier molecular flexibility index (Phi) is 5.20. The topological polar surface area (TPSA) is 51.2 Å². The third-order valence-corrected chi connectivity index (χ3v) is 3.60. The molecule has 2 aromatic carbocycles. The average Bonchev–Trinajstić information content (AvgIpc) is 2.66. The summed E-state index contributed by atoms with van der Waals surface area (Å²) in [6.45, 7) is 0.818. The fourth-order valence-electron chi connectivity index (χ4n) is 2.32. The van der Waals surface area contributed by atoms with Crippen molar-refractivity contribution in [2.45, 2.75) is 13.2 Å². The summed E-state index contributed by atoms with van der Waals surface area (Å²) in [5, 5.41) is 2.93. The van der Waals surface area contributed by atoms with Gasteiger partial charge in [-0.25, -0.2) is 0 Å². The second-order valence-corrected chi connectivity index (χ2v) is 5.30. The molecule has 0 saturated heterocycles. The number of amides is 1. The Bertz CT molecular complexity index is 789. The predicted octanol–water partition coefficient (Wildman–Crippen LogP) is 3.59. The predicted molar refractivity (Wildman–Crippen MR) is 92.6 cm³/mol. The van der Waals surface area contributed by atoms with Gasteiger partial charge in [0.1, 0.15) is 12.4 Å². The smallest absolute Gasteiger partial charge is 0.251 e. The maximum atomic E-state index is 12.5. The van der Waals surface area contributed by atoms with Crippen molar-refractivity contribution in [3.8, 4) is 5.75 Å². The summed E-state index contributed by atoms with van der Waals surface area (Å²) in [5.74, 6) is 0.670. The van der Waals surface area contributed by atoms with Crippen molar-refractivity contribution in [3.63, 3.8) is 0 Å². The van der Waals surface area contributed by atoms with E-state index in [0.717, 1.165) is 16.9 Å². The van der Waals surface area contributed by atoms with Crippen molar-refractivity contribution in [1.29, 1.82) is 0 Å². The molecule has 0 aliphatic carbocycles. The van der Waals surface area contributed by atoms with Crippen LogP contribution in [0.25, 0.3) is 0 Å². The molecule has 1 heterocycles. The second-order valence-electron chi connectivity index (χ2n) is 5.30. The molecule has 3 aromatic rings. The molecule has 120 valence electrons. The van der Waals surface area contributed by atoms with Gasteiger partial charge in [0.05, 0.1) is 0 Å². The van der Waals surface area contributed by atoms with Crippen LogP contribution in [0.2, 0.25) is 0 Å². The number of ether oxygens (including phenoxy) is 1. The Morgan fingerprint density at radius 2 is 1.62 bits per heavy atom. The van der Waals surface area contributed by atoms with Crippen molar-refractivity contribution in [2.24, 2.45) is 0 Å². The molecule has 0 spiro atoms. The highest BCUT2D eigenvalue weighted by molar-refractivity contribution is 5.95. The van der Waals surface area contributed by atoms with Crippen molar-refractivity contribution in [3.05, 3.63) is 95.8 Å². The maximum absolute atomic E-state index is 12.5. The molecule has 4 nitrogen and oxygen atoms in total. The van der Waals surface area contributed by atoms with Crippen molar-refractivity contribution in [1.82, 2.24) is 10.3 Å². The SMILES string of the molecule is O=C(NCc1ccncc1)c1ccccc1COc1ccccc1. The van der Waals surface area contributed by atoms with E-state index in [2.05, 4.69) is 10.3 Å². The minimum Gasteiger partial charge on any atom is -0.489 e. The molecule has 24 heavy (non-hydrogen) atoms. The highest BCUT2D eigenvalue weighted by Gasteiger charge is 2.11. The van der Waals surface area contributed by atoms with Gasteiger partial charge in [0, 0.05) is 30.1 Å². The van der Waals surface area contributed by atoms with Crippen LogP contribution in [0.3, 0.4) is 0 Å². The number of nitrogens with zero attached hydrogens (tertiary/aromatic N) is 1. The van der Waals surface area contributed by atoms with Gasteiger partial charge in [-0.2, -0.15) is 0 Å². The van der Waals surface area contributed by atoms with Gasteiger partial charge in [-0.1, -0.05) is 36.4 Å². The third kappa shape index (κ3) is 4.20. The first-order valence-electron chi connectivity index (χ1n) is 7.76. The summed E-state index contributed by atoms with van der Waals surface area (Å²) >= 11 is 0. The minimum atomic E-state index is -0.112. The molecule has 1 aromatic heterocycles. The van der Waals surface area contributed by atoms with Gasteiger partial charge < -0.3 is 10.1 Å². The fourth-order valence-corrected chi connectivity index (χ4v) is 2.32. The zero-order valence-corrected chi connectivity index (χ0v) is 13.2. The molecule has 1 amide bonds. The van der Waals surface area contributed by atoms with E-state index in [9.17, 15) is 4.79 Å². The Labute approximate surface area is 141 Å². The molecule has 0 bridgehead atoms. The van der Waals surface area contributed by atoms with Gasteiger partial charge in [-0.05, 0) is 35.9 Å². The lowest BCUT2D eigenvalue weighted by Gasteiger charge is -2.11. The first kappa shape index (κ1) is 15.7. The van der Waals surface area contributed by atoms with E-state index in [1.807, 2.05) is 66.7 Å². The molecule has 0 unspecified atom stereocenters. The largest absolute Gasteiger partial charge is 0.489 e. The summed E-state index contributed by atoms with van der Waals surface area (Å²) in [5.41, 5.74) is 2.49. The number of pyridine rings is 1. The van der Waals surface area contributed by atoms with Gasteiger partial charge in [0.2, 0.25) is 0 Å². The van der Waals surface area contributed by atoms with Gasteiger partial charge in [0.25, 0.3) is 5.91 Å². The van der Waals surface area contributed by atoms with Gasteiger partial charge in [-0.3, -0.25) is 9.78 Å². The summed E-state index contributed by atoms with van der Waals surface area (Å²) in [4.78, 5) is 16.4. The molecular weight excluding hydrogens is 300 g/mol. The minimum absolute atomic E-state index is 0.112. The van der Waals surface area contributed by atoms with Crippen LogP contribution in [0, 0.1) is 0 Å². The molecule has 0 saturated carbocycles. The van der Waals surface area contributed by atoms with Crippen LogP contribution < -0.4 is 10.1 Å². The van der Waals surface area contributed by atoms with Crippen molar-refractivity contribution in [2.75, 3.05) is 0 Å². The zero-order chi connectivity index (χ0) is 16.6. The quantitative estimate of drug-likeness (QED) is 0.755. The van der Waals surface area contributed by atoms with Crippen LogP contribution >= 0.6 is 0 Å². The standard InChI is InChI=1S/C20H18N2O2/c23-20(22-14-16-10-12-21-13-11-16)19-9-5-4-6-17(19)15-24-18-7-2-1-3-8-18/h1-13H,14-15H2,(H,22,23). The number of rotatable bonds is 6. The molecule has 0 aliphatic heterocycles. The summed E-state index contributed by atoms with van der Waals surface area (Å²) < 4.78 is 5.76. The van der Waals surface area contributed by atoms with E-state index in [-0.39, 0.29) is 5.91 Å². The van der Waals surface area contributed by atoms with E-state index in [1.165, 1.54) is 0 Å². The molecule has 0 aliphatic rings. The number of aromatic nitrogens is 1. The normalized spacial score (nSPS) is 10.2. The number of carbonyl (C=O) groups is 1. The number of hydrogen-bond acceptors (Lipinski definition) is 3. The Balaban J connectivity index is 1.65. The molecule has 0 fully saturated rings. The van der Waals surface area contributed by atoms with Crippen LogP contribution in [-0.4, -0.2) is 10.9 Å². The number of hydrogen-bond donors (Lipinski definition) is 1. The van der Waals surface area contributed by atoms with Crippen LogP contribution in [-0.2, 0) is 13.2 Å². The van der Waals surface area contributed by atoms with Crippen LogP contribution in [0.5, 0.6) is 5.75 Å². The van der Waals surface area contributed by atoms with Crippen LogP contribution in [0.15, 0.2) is 79.1 Å². The zero-order valence-electron chi connectivity index (χ0n) is 13.2. The molecular formula is C20H18N2O2. The summed E-state index contributed by atoms with van der Waals surface area (Å²) in [7, 11) is 0. The lowest BCUT2D eigenvalue weighted by molar-refractivity contribution is 0.0948. The highest BCUT2D eigenvalue weighted by atomic mass is 16.5.